The molecule has 0 aromatic heterocycles. The number of ether oxygens (including phenoxy) is 2. The lowest BCUT2D eigenvalue weighted by Crippen LogP contribution is -2.29. The van der Waals surface area contributed by atoms with Crippen LogP contribution in [0.4, 0.5) is 0 Å². The summed E-state index contributed by atoms with van der Waals surface area (Å²) in [4.78, 5) is 35.5. The summed E-state index contributed by atoms with van der Waals surface area (Å²) in [7, 11) is -4.41. The minimum absolute atomic E-state index is 0.0484. The fourth-order valence-electron chi connectivity index (χ4n) is 11.1. The molecule has 0 saturated carbocycles. The van der Waals surface area contributed by atoms with E-state index in [2.05, 4.69) is 172 Å². The van der Waals surface area contributed by atoms with Crippen LogP contribution < -0.4 is 5.73 Å². The van der Waals surface area contributed by atoms with Gasteiger partial charge in [0.15, 0.2) is 6.10 Å². The summed E-state index contributed by atoms with van der Waals surface area (Å²) in [6.45, 7) is 3.54. The van der Waals surface area contributed by atoms with Crippen LogP contribution in [0, 0.1) is 0 Å². The Balaban J connectivity index is 3.85. The fourth-order valence-corrected chi connectivity index (χ4v) is 11.9. The SMILES string of the molecule is CC/C=C\C/C=C\C/C=C\C/C=C\C/C=C\C/C=C\C/C=C\C/C=C\C/C=C\CCCCCCCCCCCCCC(=O)OC(COC(=O)CCCCCCCCCCCCCCCCCCCCCCCCCC/C=C\C/C=C\C/C=C\C/C=C\CC)COP(=O)(O)OCCN. The molecule has 0 aliphatic rings. The van der Waals surface area contributed by atoms with Crippen molar-refractivity contribution in [1.82, 2.24) is 0 Å². The number of carbonyl (C=O) groups excluding carboxylic acids is 2. The molecule has 0 spiro atoms. The van der Waals surface area contributed by atoms with Crippen molar-refractivity contribution < 1.29 is 37.6 Å². The molecule has 0 aliphatic heterocycles. The first-order chi connectivity index (χ1) is 47.8. The van der Waals surface area contributed by atoms with Gasteiger partial charge in [-0.1, -0.05) is 371 Å². The number of allylic oxidation sites excluding steroid dienone is 26. The number of rotatable bonds is 74. The molecule has 10 heteroatoms. The van der Waals surface area contributed by atoms with Gasteiger partial charge in [0.05, 0.1) is 13.2 Å². The zero-order valence-corrected chi connectivity index (χ0v) is 63.4. The minimum Gasteiger partial charge on any atom is -0.462 e. The first-order valence-corrected chi connectivity index (χ1v) is 41.5. The topological polar surface area (TPSA) is 134 Å². The molecule has 0 fully saturated rings. The lowest BCUT2D eigenvalue weighted by Gasteiger charge is -2.19. The van der Waals surface area contributed by atoms with Crippen molar-refractivity contribution in [1.29, 1.82) is 0 Å². The first-order valence-electron chi connectivity index (χ1n) is 40.0. The number of phosphoric ester groups is 1. The highest BCUT2D eigenvalue weighted by Crippen LogP contribution is 2.43. The first kappa shape index (κ1) is 92.6. The molecule has 2 unspecified atom stereocenters. The molecule has 0 saturated heterocycles. The van der Waals surface area contributed by atoms with Crippen molar-refractivity contribution in [2.75, 3.05) is 26.4 Å². The number of nitrogens with two attached hydrogens (primary N) is 1. The molecule has 2 atom stereocenters. The maximum absolute atomic E-state index is 12.8. The Hall–Kier alpha value is -4.37. The van der Waals surface area contributed by atoms with E-state index in [1.807, 2.05) is 0 Å². The average molecular weight is 1370 g/mol. The largest absolute Gasteiger partial charge is 0.472 e. The van der Waals surface area contributed by atoms with E-state index in [1.165, 1.54) is 186 Å². The number of hydrogen-bond donors (Lipinski definition) is 2. The fraction of sp³-hybridized carbons (Fsp3) is 0.678. The second-order valence-corrected chi connectivity index (χ2v) is 27.6. The highest BCUT2D eigenvalue weighted by molar-refractivity contribution is 7.47. The molecule has 0 aliphatic carbocycles. The van der Waals surface area contributed by atoms with Crippen LogP contribution in [0.25, 0.3) is 0 Å². The van der Waals surface area contributed by atoms with E-state index in [4.69, 9.17) is 24.3 Å². The molecule has 97 heavy (non-hydrogen) atoms. The summed E-state index contributed by atoms with van der Waals surface area (Å²) in [5.41, 5.74) is 5.42. The standard InChI is InChI=1S/C87H148NO8P/c1-3-5-7-9-11-13-15-17-19-21-23-25-27-29-31-33-35-37-39-41-42-44-46-48-50-52-54-56-58-60-62-64-66-68-70-72-74-76-78-80-87(90)96-85(84-95-97(91,92)94-82-81-88)83-93-86(89)79-77-75-73-71-69-67-65-63-61-59-57-55-53-51-49-47-45-43-40-38-36-34-32-30-28-26-24-22-20-18-16-14-12-10-8-6-4-2/h5-8,11-14,17-20,23-26,29,31,35,37,41-42,46,48,52,54,85H,3-4,9-10,15-16,21-22,27-28,30,32-34,36,38-40,43-45,47,49-51,53,55-84,88H2,1-2H3,(H,91,92)/b7-5-,8-6-,13-11-,14-12-,19-17-,20-18-,25-23-,26-24-,31-29-,37-35-,42-41-,48-46-,54-52-. The molecule has 0 radical (unpaired) electrons. The van der Waals surface area contributed by atoms with Gasteiger partial charge in [0.1, 0.15) is 6.61 Å². The number of unbranched alkanes of at least 4 members (excludes halogenated alkanes) is 35. The molecule has 9 nitrogen and oxygen atoms in total. The van der Waals surface area contributed by atoms with E-state index in [9.17, 15) is 19.0 Å². The van der Waals surface area contributed by atoms with Gasteiger partial charge in [0.2, 0.25) is 0 Å². The van der Waals surface area contributed by atoms with Crippen molar-refractivity contribution in [2.24, 2.45) is 5.73 Å². The average Bonchev–Trinajstić information content (AvgIpc) is 2.88. The number of esters is 2. The molecular weight excluding hydrogens is 1220 g/mol. The summed E-state index contributed by atoms with van der Waals surface area (Å²) in [5, 5.41) is 0. The van der Waals surface area contributed by atoms with Gasteiger partial charge in [0.25, 0.3) is 0 Å². The number of phosphoric acid groups is 1. The van der Waals surface area contributed by atoms with Gasteiger partial charge in [-0.3, -0.25) is 18.6 Å². The van der Waals surface area contributed by atoms with Crippen LogP contribution in [0.5, 0.6) is 0 Å². The predicted octanol–water partition coefficient (Wildman–Crippen LogP) is 27.1. The highest BCUT2D eigenvalue weighted by atomic mass is 31.2. The van der Waals surface area contributed by atoms with Crippen molar-refractivity contribution in [2.45, 2.75) is 354 Å². The zero-order chi connectivity index (χ0) is 70.0. The normalized spacial score (nSPS) is 13.7. The summed E-state index contributed by atoms with van der Waals surface area (Å²) in [6, 6.07) is 0. The number of carbonyl (C=O) groups is 2. The van der Waals surface area contributed by atoms with Crippen LogP contribution >= 0.6 is 7.82 Å². The lowest BCUT2D eigenvalue weighted by atomic mass is 10.0. The van der Waals surface area contributed by atoms with Crippen molar-refractivity contribution in [3.63, 3.8) is 0 Å². The Morgan fingerprint density at radius 1 is 0.309 bits per heavy atom. The van der Waals surface area contributed by atoms with Gasteiger partial charge in [-0.15, -0.1) is 0 Å². The van der Waals surface area contributed by atoms with Crippen LogP contribution in [0.3, 0.4) is 0 Å². The van der Waals surface area contributed by atoms with Crippen LogP contribution in [0.15, 0.2) is 158 Å². The Kier molecular flexibility index (Phi) is 77.0. The highest BCUT2D eigenvalue weighted by Gasteiger charge is 2.26. The predicted molar refractivity (Wildman–Crippen MR) is 422 cm³/mol. The van der Waals surface area contributed by atoms with Crippen LogP contribution in [-0.4, -0.2) is 49.3 Å². The third-order valence-corrected chi connectivity index (χ3v) is 17.9. The molecule has 0 bridgehead atoms. The summed E-state index contributed by atoms with van der Waals surface area (Å²) in [5.74, 6) is -0.824. The lowest BCUT2D eigenvalue weighted by molar-refractivity contribution is -0.161. The van der Waals surface area contributed by atoms with Gasteiger partial charge in [-0.2, -0.15) is 0 Å². The van der Waals surface area contributed by atoms with Crippen LogP contribution in [0.1, 0.15) is 348 Å². The minimum atomic E-state index is -4.41. The summed E-state index contributed by atoms with van der Waals surface area (Å²) >= 11 is 0. The van der Waals surface area contributed by atoms with E-state index in [0.29, 0.717) is 6.42 Å². The quantitative estimate of drug-likeness (QED) is 0.0264. The van der Waals surface area contributed by atoms with Gasteiger partial charge >= 0.3 is 19.8 Å². The van der Waals surface area contributed by atoms with Gasteiger partial charge < -0.3 is 20.1 Å². The third-order valence-electron chi connectivity index (χ3n) is 16.9. The molecule has 0 aromatic carbocycles. The molecule has 0 heterocycles. The van der Waals surface area contributed by atoms with E-state index in [-0.39, 0.29) is 38.6 Å². The van der Waals surface area contributed by atoms with E-state index in [1.54, 1.807) is 0 Å². The molecule has 0 aromatic rings. The Bertz CT molecular complexity index is 2160. The van der Waals surface area contributed by atoms with Gasteiger partial charge in [-0.25, -0.2) is 4.57 Å². The smallest absolute Gasteiger partial charge is 0.462 e. The number of hydrogen-bond acceptors (Lipinski definition) is 8. The second-order valence-electron chi connectivity index (χ2n) is 26.2. The second kappa shape index (κ2) is 80.6. The molecule has 0 rings (SSSR count). The van der Waals surface area contributed by atoms with E-state index in [0.717, 1.165) is 128 Å². The van der Waals surface area contributed by atoms with E-state index >= 15 is 0 Å². The van der Waals surface area contributed by atoms with Crippen molar-refractivity contribution in [3.05, 3.63) is 158 Å². The maximum Gasteiger partial charge on any atom is 0.472 e. The van der Waals surface area contributed by atoms with E-state index < -0.39 is 26.5 Å². The van der Waals surface area contributed by atoms with Crippen LogP contribution in [0.2, 0.25) is 0 Å². The Morgan fingerprint density at radius 3 is 0.794 bits per heavy atom. The maximum atomic E-state index is 12.8. The van der Waals surface area contributed by atoms with Crippen molar-refractivity contribution >= 4 is 19.8 Å². The zero-order valence-electron chi connectivity index (χ0n) is 62.5. The Morgan fingerprint density at radius 2 is 0.536 bits per heavy atom. The summed E-state index contributed by atoms with van der Waals surface area (Å²) in [6.07, 6.45) is 118. The molecular formula is C87H148NO8P. The molecule has 3 N–H and O–H groups in total. The molecule has 554 valence electrons. The third kappa shape index (κ3) is 80.5. The monoisotopic (exact) mass is 1370 g/mol. The van der Waals surface area contributed by atoms with Crippen LogP contribution in [-0.2, 0) is 32.7 Å². The molecule has 0 amide bonds. The summed E-state index contributed by atoms with van der Waals surface area (Å²) < 4.78 is 33.3. The van der Waals surface area contributed by atoms with Gasteiger partial charge in [-0.05, 0) is 122 Å². The van der Waals surface area contributed by atoms with Crippen molar-refractivity contribution in [3.8, 4) is 0 Å². The Labute approximate surface area is 598 Å². The van der Waals surface area contributed by atoms with Gasteiger partial charge in [0, 0.05) is 19.4 Å².